The Morgan fingerprint density at radius 2 is 1.80 bits per heavy atom. The molecule has 2 rings (SSSR count). The number of ether oxygens (including phenoxy) is 3. The number of nitrogens with one attached hydrogen (secondary N) is 1. The zero-order valence-corrected chi connectivity index (χ0v) is 17.4. The summed E-state index contributed by atoms with van der Waals surface area (Å²) in [4.78, 5) is 23.6. The number of carbonyl (C=O) groups excluding carboxylic acids is 1. The van der Waals surface area contributed by atoms with Crippen molar-refractivity contribution < 1.29 is 33.3 Å². The number of aliphatic carboxylic acids is 1. The zero-order chi connectivity index (χ0) is 22.3. The van der Waals surface area contributed by atoms with Crippen LogP contribution >= 0.6 is 0 Å². The summed E-state index contributed by atoms with van der Waals surface area (Å²) < 4.78 is 29.2. The highest BCUT2D eigenvalue weighted by Crippen LogP contribution is 2.23. The number of alkyl carbamates (subject to hydrolysis) is 1. The van der Waals surface area contributed by atoms with Crippen LogP contribution in [0.3, 0.4) is 0 Å². The largest absolute Gasteiger partial charge is 0.496 e. The number of carbonyl (C=O) groups is 2. The third-order valence-corrected chi connectivity index (χ3v) is 3.98. The minimum absolute atomic E-state index is 0.0438. The standard InChI is InChI=1S/C22H26FNO6/c1-22(2,3)30-21(27)24-18(20(25)26)12-14-5-10-19(28-4)15(11-14)13-29-17-8-6-16(23)7-9-17/h5-11,18H,12-13H2,1-4H3,(H,24,27)(H,25,26). The molecule has 2 aromatic carbocycles. The summed E-state index contributed by atoms with van der Waals surface area (Å²) in [5.74, 6) is -0.494. The molecule has 8 heteroatoms. The van der Waals surface area contributed by atoms with E-state index in [1.807, 2.05) is 0 Å². The van der Waals surface area contributed by atoms with Crippen molar-refractivity contribution in [2.75, 3.05) is 7.11 Å². The number of amides is 1. The van der Waals surface area contributed by atoms with Crippen molar-refractivity contribution in [3.8, 4) is 11.5 Å². The van der Waals surface area contributed by atoms with Gasteiger partial charge < -0.3 is 24.6 Å². The molecular formula is C22H26FNO6. The number of hydrogen-bond acceptors (Lipinski definition) is 5. The van der Waals surface area contributed by atoms with Crippen LogP contribution in [-0.2, 0) is 22.6 Å². The van der Waals surface area contributed by atoms with Crippen LogP contribution in [0.15, 0.2) is 42.5 Å². The summed E-state index contributed by atoms with van der Waals surface area (Å²) in [6, 6.07) is 9.60. The molecule has 0 aliphatic rings. The van der Waals surface area contributed by atoms with Crippen LogP contribution in [0.5, 0.6) is 11.5 Å². The molecule has 0 spiro atoms. The van der Waals surface area contributed by atoms with E-state index in [2.05, 4.69) is 5.32 Å². The van der Waals surface area contributed by atoms with E-state index in [1.165, 1.54) is 31.4 Å². The highest BCUT2D eigenvalue weighted by atomic mass is 19.1. The van der Waals surface area contributed by atoms with Crippen molar-refractivity contribution in [3.63, 3.8) is 0 Å². The molecule has 0 saturated carbocycles. The molecule has 0 heterocycles. The van der Waals surface area contributed by atoms with Crippen LogP contribution in [0.1, 0.15) is 31.9 Å². The van der Waals surface area contributed by atoms with E-state index in [9.17, 15) is 19.1 Å². The normalized spacial score (nSPS) is 12.0. The van der Waals surface area contributed by atoms with Crippen molar-refractivity contribution >= 4 is 12.1 Å². The van der Waals surface area contributed by atoms with E-state index in [4.69, 9.17) is 14.2 Å². The van der Waals surface area contributed by atoms with E-state index in [0.29, 0.717) is 22.6 Å². The number of hydrogen-bond donors (Lipinski definition) is 2. The van der Waals surface area contributed by atoms with Gasteiger partial charge in [-0.3, -0.25) is 0 Å². The smallest absolute Gasteiger partial charge is 0.408 e. The van der Waals surface area contributed by atoms with E-state index >= 15 is 0 Å². The molecular weight excluding hydrogens is 393 g/mol. The lowest BCUT2D eigenvalue weighted by Crippen LogP contribution is -2.44. The molecule has 1 atom stereocenters. The van der Waals surface area contributed by atoms with Gasteiger partial charge in [-0.25, -0.2) is 14.0 Å². The number of benzene rings is 2. The fourth-order valence-electron chi connectivity index (χ4n) is 2.65. The third-order valence-electron chi connectivity index (χ3n) is 3.98. The third kappa shape index (κ3) is 7.27. The molecule has 1 unspecified atom stereocenters. The maximum Gasteiger partial charge on any atom is 0.408 e. The molecule has 0 aliphatic heterocycles. The van der Waals surface area contributed by atoms with E-state index in [-0.39, 0.29) is 18.8 Å². The maximum atomic E-state index is 13.0. The van der Waals surface area contributed by atoms with Gasteiger partial charge in [-0.1, -0.05) is 6.07 Å². The lowest BCUT2D eigenvalue weighted by atomic mass is 10.0. The average Bonchev–Trinajstić information content (AvgIpc) is 2.65. The Bertz CT molecular complexity index is 876. The van der Waals surface area contributed by atoms with E-state index < -0.39 is 23.7 Å². The molecule has 7 nitrogen and oxygen atoms in total. The van der Waals surface area contributed by atoms with Gasteiger partial charge in [0.05, 0.1) is 7.11 Å². The number of halogens is 1. The second-order valence-electron chi connectivity index (χ2n) is 7.63. The quantitative estimate of drug-likeness (QED) is 0.673. The molecule has 162 valence electrons. The lowest BCUT2D eigenvalue weighted by Gasteiger charge is -2.22. The van der Waals surface area contributed by atoms with Gasteiger partial charge in [0, 0.05) is 12.0 Å². The number of carboxylic acids is 1. The van der Waals surface area contributed by atoms with Gasteiger partial charge in [-0.05, 0) is 62.7 Å². The van der Waals surface area contributed by atoms with E-state index in [1.54, 1.807) is 39.0 Å². The monoisotopic (exact) mass is 419 g/mol. The first kappa shape index (κ1) is 23.0. The van der Waals surface area contributed by atoms with Crippen LogP contribution in [-0.4, -0.2) is 35.9 Å². The molecule has 30 heavy (non-hydrogen) atoms. The van der Waals surface area contributed by atoms with Crippen LogP contribution in [0.4, 0.5) is 9.18 Å². The first-order valence-corrected chi connectivity index (χ1v) is 9.34. The summed E-state index contributed by atoms with van der Waals surface area (Å²) >= 11 is 0. The minimum Gasteiger partial charge on any atom is -0.496 e. The number of methoxy groups -OCH3 is 1. The topological polar surface area (TPSA) is 94.1 Å². The number of carboxylic acid groups (broad SMARTS) is 1. The fourth-order valence-corrected chi connectivity index (χ4v) is 2.65. The number of rotatable bonds is 8. The van der Waals surface area contributed by atoms with Crippen LogP contribution in [0.25, 0.3) is 0 Å². The first-order valence-electron chi connectivity index (χ1n) is 9.34. The Morgan fingerprint density at radius 1 is 1.13 bits per heavy atom. The van der Waals surface area contributed by atoms with Crippen molar-refractivity contribution in [2.45, 2.75) is 45.4 Å². The summed E-state index contributed by atoms with van der Waals surface area (Å²) in [6.07, 6.45) is -0.759. The lowest BCUT2D eigenvalue weighted by molar-refractivity contribution is -0.139. The minimum atomic E-state index is -1.18. The Kier molecular flexibility index (Phi) is 7.63. The average molecular weight is 419 g/mol. The second kappa shape index (κ2) is 9.96. The fraction of sp³-hybridized carbons (Fsp3) is 0.364. The predicted octanol–water partition coefficient (Wildman–Crippen LogP) is 3.93. The van der Waals surface area contributed by atoms with Gasteiger partial charge in [-0.2, -0.15) is 0 Å². The van der Waals surface area contributed by atoms with Gasteiger partial charge in [-0.15, -0.1) is 0 Å². The van der Waals surface area contributed by atoms with Crippen LogP contribution in [0, 0.1) is 5.82 Å². The van der Waals surface area contributed by atoms with E-state index in [0.717, 1.165) is 0 Å². The Morgan fingerprint density at radius 3 is 2.37 bits per heavy atom. The molecule has 0 bridgehead atoms. The summed E-state index contributed by atoms with van der Waals surface area (Å²) in [7, 11) is 1.51. The van der Waals surface area contributed by atoms with Gasteiger partial charge in [0.15, 0.2) is 0 Å². The molecule has 0 saturated heterocycles. The molecule has 0 aliphatic carbocycles. The first-order chi connectivity index (χ1) is 14.1. The van der Waals surface area contributed by atoms with Crippen LogP contribution < -0.4 is 14.8 Å². The Labute approximate surface area is 174 Å². The van der Waals surface area contributed by atoms with Gasteiger partial charge >= 0.3 is 12.1 Å². The SMILES string of the molecule is COc1ccc(CC(NC(=O)OC(C)(C)C)C(=O)O)cc1COc1ccc(F)cc1. The van der Waals surface area contributed by atoms with Gasteiger partial charge in [0.2, 0.25) is 0 Å². The zero-order valence-electron chi connectivity index (χ0n) is 17.4. The predicted molar refractivity (Wildman–Crippen MR) is 108 cm³/mol. The summed E-state index contributed by atoms with van der Waals surface area (Å²) in [5.41, 5.74) is 0.607. The summed E-state index contributed by atoms with van der Waals surface area (Å²) in [5, 5.41) is 11.8. The maximum absolute atomic E-state index is 13.0. The molecule has 0 aromatic heterocycles. The Hall–Kier alpha value is -3.29. The van der Waals surface area contributed by atoms with Crippen molar-refractivity contribution in [2.24, 2.45) is 0 Å². The van der Waals surface area contributed by atoms with Gasteiger partial charge in [0.25, 0.3) is 0 Å². The van der Waals surface area contributed by atoms with Crippen LogP contribution in [0.2, 0.25) is 0 Å². The highest BCUT2D eigenvalue weighted by molar-refractivity contribution is 5.80. The summed E-state index contributed by atoms with van der Waals surface area (Å²) in [6.45, 7) is 5.22. The molecule has 0 radical (unpaired) electrons. The Balaban J connectivity index is 2.11. The molecule has 1 amide bonds. The molecule has 2 N–H and O–H groups in total. The van der Waals surface area contributed by atoms with Gasteiger partial charge in [0.1, 0.15) is 35.6 Å². The molecule has 0 fully saturated rings. The second-order valence-corrected chi connectivity index (χ2v) is 7.63. The molecule has 2 aromatic rings. The highest BCUT2D eigenvalue weighted by Gasteiger charge is 2.24. The van der Waals surface area contributed by atoms with Crippen molar-refractivity contribution in [1.82, 2.24) is 5.32 Å². The van der Waals surface area contributed by atoms with Crippen molar-refractivity contribution in [3.05, 3.63) is 59.4 Å². The van der Waals surface area contributed by atoms with Crippen molar-refractivity contribution in [1.29, 1.82) is 0 Å².